The molecule has 0 saturated heterocycles. The number of aliphatic hydroxyl groups is 1. The molecule has 0 spiro atoms. The first-order valence-corrected chi connectivity index (χ1v) is 4.60. The molecule has 4 N–H and O–H groups in total. The maximum Gasteiger partial charge on any atom is 0.189 e. The molecule has 0 saturated carbocycles. The number of quaternary nitrogens is 1. The summed E-state index contributed by atoms with van der Waals surface area (Å²) in [4.78, 5) is 11.0. The molecule has 2 atom stereocenters. The van der Waals surface area contributed by atoms with Gasteiger partial charge in [-0.25, -0.2) is 0 Å². The van der Waals surface area contributed by atoms with Gasteiger partial charge in [-0.1, -0.05) is 29.8 Å². The van der Waals surface area contributed by atoms with E-state index < -0.39 is 12.1 Å². The van der Waals surface area contributed by atoms with Crippen molar-refractivity contribution >= 4 is 5.78 Å². The van der Waals surface area contributed by atoms with Gasteiger partial charge in [-0.15, -0.1) is 0 Å². The first kappa shape index (κ1) is 14.1. The van der Waals surface area contributed by atoms with Gasteiger partial charge in [0, 0.05) is 6.92 Å². The minimum Gasteiger partial charge on any atom is -1.00 e. The second-order valence-electron chi connectivity index (χ2n) is 3.57. The minimum absolute atomic E-state index is 0. The molecule has 0 bridgehead atoms. The molecule has 0 amide bonds. The zero-order valence-corrected chi connectivity index (χ0v) is 9.66. The summed E-state index contributed by atoms with van der Waals surface area (Å²) in [6.45, 7) is 3.41. The molecule has 0 unspecified atom stereocenters. The van der Waals surface area contributed by atoms with Crippen molar-refractivity contribution in [1.82, 2.24) is 0 Å². The highest BCUT2D eigenvalue weighted by molar-refractivity contribution is 5.80. The Hall–Kier alpha value is -0.900. The van der Waals surface area contributed by atoms with E-state index in [0.717, 1.165) is 11.1 Å². The van der Waals surface area contributed by atoms with Gasteiger partial charge in [0.2, 0.25) is 0 Å². The Bertz CT molecular complexity index is 324. The summed E-state index contributed by atoms with van der Waals surface area (Å²) < 4.78 is 0. The first-order valence-electron chi connectivity index (χ1n) is 4.60. The molecule has 84 valence electrons. The number of hydrogen-bond acceptors (Lipinski definition) is 2. The van der Waals surface area contributed by atoms with Gasteiger partial charge in [0.1, 0.15) is 6.10 Å². The predicted molar refractivity (Wildman–Crippen MR) is 53.5 cm³/mol. The molecule has 0 heterocycles. The van der Waals surface area contributed by atoms with E-state index in [-0.39, 0.29) is 18.2 Å². The van der Waals surface area contributed by atoms with Gasteiger partial charge in [-0.3, -0.25) is 4.79 Å². The third-order valence-corrected chi connectivity index (χ3v) is 2.32. The SMILES string of the molecule is CC(=O)[C@@H]([NH3+])[C@H](O)c1ccc(C)cc1.[Cl-]. The lowest BCUT2D eigenvalue weighted by molar-refractivity contribution is -0.421. The number of Topliss-reactive ketones (excluding diaryl/α,β-unsaturated/α-hetero) is 1. The van der Waals surface area contributed by atoms with Crippen LogP contribution in [-0.2, 0) is 4.79 Å². The smallest absolute Gasteiger partial charge is 0.189 e. The van der Waals surface area contributed by atoms with Crippen LogP contribution in [0.1, 0.15) is 24.2 Å². The molecule has 0 fully saturated rings. The van der Waals surface area contributed by atoms with E-state index in [9.17, 15) is 9.90 Å². The van der Waals surface area contributed by atoms with Crippen LogP contribution in [0.25, 0.3) is 0 Å². The highest BCUT2D eigenvalue weighted by Gasteiger charge is 2.24. The molecule has 3 nitrogen and oxygen atoms in total. The van der Waals surface area contributed by atoms with Crippen molar-refractivity contribution in [3.63, 3.8) is 0 Å². The van der Waals surface area contributed by atoms with Crippen LogP contribution in [0.15, 0.2) is 24.3 Å². The van der Waals surface area contributed by atoms with Crippen molar-refractivity contribution in [2.24, 2.45) is 0 Å². The number of benzene rings is 1. The molecule has 1 aromatic rings. The molecule has 1 aromatic carbocycles. The fraction of sp³-hybridized carbons (Fsp3) is 0.364. The topological polar surface area (TPSA) is 64.9 Å². The van der Waals surface area contributed by atoms with Gasteiger partial charge >= 0.3 is 0 Å². The maximum absolute atomic E-state index is 11.0. The van der Waals surface area contributed by atoms with E-state index in [0.29, 0.717) is 0 Å². The van der Waals surface area contributed by atoms with Crippen molar-refractivity contribution in [3.05, 3.63) is 35.4 Å². The Balaban J connectivity index is 0.00000196. The lowest BCUT2D eigenvalue weighted by Crippen LogP contribution is -3.00. The number of aliphatic hydroxyl groups excluding tert-OH is 1. The number of hydrogen-bond donors (Lipinski definition) is 2. The highest BCUT2D eigenvalue weighted by atomic mass is 35.5. The van der Waals surface area contributed by atoms with E-state index in [4.69, 9.17) is 0 Å². The number of ketones is 1. The fourth-order valence-electron chi connectivity index (χ4n) is 1.22. The van der Waals surface area contributed by atoms with Crippen LogP contribution in [-0.4, -0.2) is 16.9 Å². The number of rotatable bonds is 3. The molecular formula is C11H16ClNO2. The van der Waals surface area contributed by atoms with Crippen LogP contribution in [0, 0.1) is 6.92 Å². The third-order valence-electron chi connectivity index (χ3n) is 2.32. The summed E-state index contributed by atoms with van der Waals surface area (Å²) in [5.74, 6) is -0.0990. The summed E-state index contributed by atoms with van der Waals surface area (Å²) >= 11 is 0. The van der Waals surface area contributed by atoms with E-state index in [2.05, 4.69) is 5.73 Å². The first-order chi connectivity index (χ1) is 6.52. The van der Waals surface area contributed by atoms with Crippen molar-refractivity contribution in [1.29, 1.82) is 0 Å². The molecule has 0 aromatic heterocycles. The number of carbonyl (C=O) groups excluding carboxylic acids is 1. The summed E-state index contributed by atoms with van der Waals surface area (Å²) in [6.07, 6.45) is -0.798. The van der Waals surface area contributed by atoms with E-state index in [1.165, 1.54) is 6.92 Å². The highest BCUT2D eigenvalue weighted by Crippen LogP contribution is 2.15. The van der Waals surface area contributed by atoms with Crippen molar-refractivity contribution in [3.8, 4) is 0 Å². The molecule has 0 radical (unpaired) electrons. The molecule has 0 aliphatic carbocycles. The van der Waals surface area contributed by atoms with Crippen molar-refractivity contribution < 1.29 is 28.0 Å². The van der Waals surface area contributed by atoms with Gasteiger partial charge in [-0.05, 0) is 12.5 Å². The summed E-state index contributed by atoms with van der Waals surface area (Å²) in [5.41, 5.74) is 5.51. The van der Waals surface area contributed by atoms with Crippen LogP contribution in [0.4, 0.5) is 0 Å². The zero-order chi connectivity index (χ0) is 10.7. The second-order valence-corrected chi connectivity index (χ2v) is 3.57. The van der Waals surface area contributed by atoms with Crippen LogP contribution in [0.5, 0.6) is 0 Å². The largest absolute Gasteiger partial charge is 1.00 e. The monoisotopic (exact) mass is 229 g/mol. The molecule has 1 rings (SSSR count). The Morgan fingerprint density at radius 2 is 1.80 bits per heavy atom. The van der Waals surface area contributed by atoms with Crippen molar-refractivity contribution in [2.75, 3.05) is 0 Å². The lowest BCUT2D eigenvalue weighted by atomic mass is 9.99. The van der Waals surface area contributed by atoms with Crippen LogP contribution in [0.2, 0.25) is 0 Å². The van der Waals surface area contributed by atoms with E-state index in [1.807, 2.05) is 31.2 Å². The van der Waals surface area contributed by atoms with Crippen molar-refractivity contribution in [2.45, 2.75) is 26.0 Å². The zero-order valence-electron chi connectivity index (χ0n) is 8.90. The average molecular weight is 230 g/mol. The Morgan fingerprint density at radius 1 is 1.33 bits per heavy atom. The molecular weight excluding hydrogens is 214 g/mol. The lowest BCUT2D eigenvalue weighted by Gasteiger charge is -2.13. The average Bonchev–Trinajstić information content (AvgIpc) is 2.16. The molecule has 0 aliphatic heterocycles. The maximum atomic E-state index is 11.0. The molecule has 0 aliphatic rings. The van der Waals surface area contributed by atoms with E-state index >= 15 is 0 Å². The quantitative estimate of drug-likeness (QED) is 0.590. The van der Waals surface area contributed by atoms with Gasteiger partial charge in [0.15, 0.2) is 11.8 Å². The van der Waals surface area contributed by atoms with Crippen LogP contribution < -0.4 is 18.1 Å². The van der Waals surface area contributed by atoms with Gasteiger partial charge < -0.3 is 23.2 Å². The Kier molecular flexibility index (Phi) is 5.50. The number of aryl methyl sites for hydroxylation is 1. The predicted octanol–water partition coefficient (Wildman–Crippen LogP) is -2.77. The Morgan fingerprint density at radius 3 is 2.20 bits per heavy atom. The van der Waals surface area contributed by atoms with Gasteiger partial charge in [0.05, 0.1) is 0 Å². The summed E-state index contributed by atoms with van der Waals surface area (Å²) in [5, 5.41) is 9.77. The van der Waals surface area contributed by atoms with Gasteiger partial charge in [0.25, 0.3) is 0 Å². The summed E-state index contributed by atoms with van der Waals surface area (Å²) in [6, 6.07) is 6.87. The molecule has 15 heavy (non-hydrogen) atoms. The standard InChI is InChI=1S/C11H15NO2.ClH/c1-7-3-5-9(6-4-7)11(14)10(12)8(2)13;/h3-6,10-11,14H,12H2,1-2H3;1H/t10-,11-;/m1./s1. The number of carbonyl (C=O) groups is 1. The molecule has 4 heteroatoms. The fourth-order valence-corrected chi connectivity index (χ4v) is 1.22. The second kappa shape index (κ2) is 5.85. The van der Waals surface area contributed by atoms with Gasteiger partial charge in [-0.2, -0.15) is 0 Å². The minimum atomic E-state index is -0.798. The summed E-state index contributed by atoms with van der Waals surface area (Å²) in [7, 11) is 0. The van der Waals surface area contributed by atoms with Crippen LogP contribution >= 0.6 is 0 Å². The van der Waals surface area contributed by atoms with E-state index in [1.54, 1.807) is 0 Å². The van der Waals surface area contributed by atoms with Crippen LogP contribution in [0.3, 0.4) is 0 Å². The number of halogens is 1. The third kappa shape index (κ3) is 3.63. The Labute approximate surface area is 95.7 Å². The normalized spacial score (nSPS) is 13.9.